The van der Waals surface area contributed by atoms with Gasteiger partial charge in [0, 0.05) is 6.54 Å². The molecule has 0 spiro atoms. The fraction of sp³-hybridized carbons (Fsp3) is 0.533. The fourth-order valence-corrected chi connectivity index (χ4v) is 1.86. The van der Waals surface area contributed by atoms with Crippen LogP contribution in [-0.2, 0) is 11.3 Å². The molecule has 0 aliphatic carbocycles. The molecule has 0 bridgehead atoms. The molecule has 1 amide bonds. The Kier molecular flexibility index (Phi) is 9.58. The Balaban J connectivity index is 0.00000400. The molecule has 0 aliphatic heterocycles. The highest BCUT2D eigenvalue weighted by Gasteiger charge is 2.12. The van der Waals surface area contributed by atoms with Gasteiger partial charge >= 0.3 is 0 Å². The highest BCUT2D eigenvalue weighted by Crippen LogP contribution is 2.27. The lowest BCUT2D eigenvalue weighted by Gasteiger charge is -2.13. The topological polar surface area (TPSA) is 73.6 Å². The van der Waals surface area contributed by atoms with Crippen molar-refractivity contribution in [2.24, 2.45) is 5.73 Å². The fourth-order valence-electron chi connectivity index (χ4n) is 1.86. The lowest BCUT2D eigenvalue weighted by molar-refractivity contribution is -0.122. The van der Waals surface area contributed by atoms with Crippen molar-refractivity contribution in [1.82, 2.24) is 5.32 Å². The summed E-state index contributed by atoms with van der Waals surface area (Å²) in [5.74, 6) is 1.24. The predicted octanol–water partition coefficient (Wildman–Crippen LogP) is 2.26. The van der Waals surface area contributed by atoms with Crippen molar-refractivity contribution in [1.29, 1.82) is 0 Å². The van der Waals surface area contributed by atoms with E-state index in [1.54, 1.807) is 7.11 Å². The van der Waals surface area contributed by atoms with Crippen molar-refractivity contribution in [2.75, 3.05) is 13.7 Å². The van der Waals surface area contributed by atoms with Gasteiger partial charge in [0.1, 0.15) is 0 Å². The number of amides is 1. The van der Waals surface area contributed by atoms with E-state index in [0.717, 1.165) is 12.0 Å². The van der Waals surface area contributed by atoms with Gasteiger partial charge in [-0.15, -0.1) is 12.4 Å². The Hall–Kier alpha value is -1.46. The Morgan fingerprint density at radius 3 is 2.62 bits per heavy atom. The number of hydrogen-bond donors (Lipinski definition) is 2. The van der Waals surface area contributed by atoms with E-state index in [0.29, 0.717) is 31.1 Å². The number of nitrogens with two attached hydrogens (primary N) is 1. The highest BCUT2D eigenvalue weighted by atomic mass is 35.5. The molecule has 1 aromatic carbocycles. The lowest BCUT2D eigenvalue weighted by atomic mass is 10.1. The van der Waals surface area contributed by atoms with E-state index in [2.05, 4.69) is 5.32 Å². The van der Waals surface area contributed by atoms with Gasteiger partial charge in [-0.2, -0.15) is 0 Å². The van der Waals surface area contributed by atoms with Gasteiger partial charge in [0.25, 0.3) is 0 Å². The number of benzene rings is 1. The number of methoxy groups -OCH3 is 1. The first-order chi connectivity index (χ1) is 9.62. The lowest BCUT2D eigenvalue weighted by Crippen LogP contribution is -2.40. The summed E-state index contributed by atoms with van der Waals surface area (Å²) in [5.41, 5.74) is 6.70. The van der Waals surface area contributed by atoms with E-state index in [-0.39, 0.29) is 18.3 Å². The number of rotatable bonds is 8. The van der Waals surface area contributed by atoms with E-state index >= 15 is 0 Å². The quantitative estimate of drug-likeness (QED) is 0.771. The van der Waals surface area contributed by atoms with Crippen molar-refractivity contribution in [2.45, 2.75) is 39.3 Å². The average molecular weight is 317 g/mol. The summed E-state index contributed by atoms with van der Waals surface area (Å²) in [4.78, 5) is 11.7. The standard InChI is InChI=1S/C15H24N2O3.ClH/c1-4-6-12(16)15(18)17-10-11-7-8-13(20-5-2)14(9-11)19-3;/h7-9,12H,4-6,10,16H2,1-3H3,(H,17,18);1H. The van der Waals surface area contributed by atoms with E-state index in [9.17, 15) is 4.79 Å². The molecule has 0 aromatic heterocycles. The molecule has 21 heavy (non-hydrogen) atoms. The molecular formula is C15H25ClN2O3. The number of hydrogen-bond acceptors (Lipinski definition) is 4. The third-order valence-electron chi connectivity index (χ3n) is 2.93. The second-order valence-electron chi connectivity index (χ2n) is 4.53. The zero-order chi connectivity index (χ0) is 15.0. The molecule has 0 heterocycles. The van der Waals surface area contributed by atoms with Crippen molar-refractivity contribution in [3.63, 3.8) is 0 Å². The van der Waals surface area contributed by atoms with Gasteiger partial charge in [-0.1, -0.05) is 19.4 Å². The normalized spacial score (nSPS) is 11.2. The molecule has 3 N–H and O–H groups in total. The third-order valence-corrected chi connectivity index (χ3v) is 2.93. The zero-order valence-corrected chi connectivity index (χ0v) is 13.7. The first kappa shape index (κ1) is 19.5. The highest BCUT2D eigenvalue weighted by molar-refractivity contribution is 5.85. The van der Waals surface area contributed by atoms with Crippen LogP contribution in [0.5, 0.6) is 11.5 Å². The van der Waals surface area contributed by atoms with Crippen molar-refractivity contribution < 1.29 is 14.3 Å². The molecule has 6 heteroatoms. The van der Waals surface area contributed by atoms with E-state index in [4.69, 9.17) is 15.2 Å². The maximum atomic E-state index is 11.7. The maximum absolute atomic E-state index is 11.7. The van der Waals surface area contributed by atoms with Crippen molar-refractivity contribution in [3.05, 3.63) is 23.8 Å². The summed E-state index contributed by atoms with van der Waals surface area (Å²) >= 11 is 0. The largest absolute Gasteiger partial charge is 0.493 e. The summed E-state index contributed by atoms with van der Waals surface area (Å²) in [6.45, 7) is 4.93. The van der Waals surface area contributed by atoms with Crippen molar-refractivity contribution in [3.8, 4) is 11.5 Å². The number of halogens is 1. The Morgan fingerprint density at radius 2 is 2.05 bits per heavy atom. The van der Waals surface area contributed by atoms with Gasteiger partial charge < -0.3 is 20.5 Å². The number of ether oxygens (including phenoxy) is 2. The van der Waals surface area contributed by atoms with Gasteiger partial charge in [-0.25, -0.2) is 0 Å². The minimum Gasteiger partial charge on any atom is -0.493 e. The van der Waals surface area contributed by atoms with Gasteiger partial charge in [-0.05, 0) is 31.0 Å². The molecule has 1 rings (SSSR count). The third kappa shape index (κ3) is 6.23. The van der Waals surface area contributed by atoms with Gasteiger partial charge in [-0.3, -0.25) is 4.79 Å². The molecule has 5 nitrogen and oxygen atoms in total. The van der Waals surface area contributed by atoms with Crippen LogP contribution in [0.3, 0.4) is 0 Å². The van der Waals surface area contributed by atoms with Crippen LogP contribution in [0.2, 0.25) is 0 Å². The number of carbonyl (C=O) groups excluding carboxylic acids is 1. The molecule has 0 radical (unpaired) electrons. The number of carbonyl (C=O) groups is 1. The molecular weight excluding hydrogens is 292 g/mol. The van der Waals surface area contributed by atoms with Crippen molar-refractivity contribution >= 4 is 18.3 Å². The van der Waals surface area contributed by atoms with Crippen LogP contribution < -0.4 is 20.5 Å². The summed E-state index contributed by atoms with van der Waals surface area (Å²) in [7, 11) is 1.59. The second-order valence-corrected chi connectivity index (χ2v) is 4.53. The molecule has 1 atom stereocenters. The summed E-state index contributed by atoms with van der Waals surface area (Å²) in [6, 6.07) is 5.16. The van der Waals surface area contributed by atoms with Crippen LogP contribution in [0, 0.1) is 0 Å². The van der Waals surface area contributed by atoms with Crippen LogP contribution in [0.25, 0.3) is 0 Å². The molecule has 120 valence electrons. The van der Waals surface area contributed by atoms with E-state index in [1.165, 1.54) is 0 Å². The summed E-state index contributed by atoms with van der Waals surface area (Å²) in [5, 5.41) is 2.83. The Labute approximate surface area is 132 Å². The zero-order valence-electron chi connectivity index (χ0n) is 12.8. The molecule has 1 unspecified atom stereocenters. The van der Waals surface area contributed by atoms with Crippen LogP contribution in [0.15, 0.2) is 18.2 Å². The van der Waals surface area contributed by atoms with Crippen LogP contribution >= 0.6 is 12.4 Å². The first-order valence-electron chi connectivity index (χ1n) is 6.95. The summed E-state index contributed by atoms with van der Waals surface area (Å²) < 4.78 is 10.7. The van der Waals surface area contributed by atoms with Gasteiger partial charge in [0.2, 0.25) is 5.91 Å². The second kappa shape index (κ2) is 10.3. The first-order valence-corrected chi connectivity index (χ1v) is 6.95. The molecule has 1 aromatic rings. The van der Waals surface area contributed by atoms with Crippen LogP contribution in [0.4, 0.5) is 0 Å². The number of nitrogens with one attached hydrogen (secondary N) is 1. The minimum atomic E-state index is -0.440. The van der Waals surface area contributed by atoms with Crippen LogP contribution in [-0.4, -0.2) is 25.7 Å². The minimum absolute atomic E-state index is 0. The predicted molar refractivity (Wildman–Crippen MR) is 86.1 cm³/mol. The van der Waals surface area contributed by atoms with E-state index < -0.39 is 6.04 Å². The summed E-state index contributed by atoms with van der Waals surface area (Å²) in [6.07, 6.45) is 1.59. The monoisotopic (exact) mass is 316 g/mol. The smallest absolute Gasteiger partial charge is 0.237 e. The average Bonchev–Trinajstić information content (AvgIpc) is 2.46. The Bertz CT molecular complexity index is 441. The molecule has 0 fully saturated rings. The maximum Gasteiger partial charge on any atom is 0.237 e. The molecule has 0 aliphatic rings. The molecule has 0 saturated carbocycles. The van der Waals surface area contributed by atoms with Gasteiger partial charge in [0.05, 0.1) is 19.8 Å². The van der Waals surface area contributed by atoms with Crippen LogP contribution in [0.1, 0.15) is 32.3 Å². The SMILES string of the molecule is CCCC(N)C(=O)NCc1ccc(OCC)c(OC)c1.Cl. The Morgan fingerprint density at radius 1 is 1.33 bits per heavy atom. The molecule has 0 saturated heterocycles. The van der Waals surface area contributed by atoms with E-state index in [1.807, 2.05) is 32.0 Å². The van der Waals surface area contributed by atoms with Gasteiger partial charge in [0.15, 0.2) is 11.5 Å².